The minimum absolute atomic E-state index is 0.0614. The number of aromatic hydroxyl groups is 2. The Kier molecular flexibility index (Phi) is 9.55. The maximum atomic E-state index is 14.6. The highest BCUT2D eigenvalue weighted by atomic mass is 35.5. The van der Waals surface area contributed by atoms with Crippen LogP contribution in [0.2, 0.25) is 5.02 Å². The van der Waals surface area contributed by atoms with E-state index in [0.717, 1.165) is 5.56 Å². The standard InChI is InChI=1S/C33H38ClN3O6/c1-19-9-8-11-24(34)28(19)36-30(40)29(23-10-6-7-12-27(23)39)37(26-17-20(26)2)31(41)25(35-32(42)43-33(3,4)5)18-21-13-15-22(38)16-14-21/h6-16,20,25-26,29,38-39H,17-18H2,1-5H3,(H,35,42)(H,36,40). The summed E-state index contributed by atoms with van der Waals surface area (Å²) >= 11 is 6.43. The lowest BCUT2D eigenvalue weighted by Gasteiger charge is -2.35. The molecule has 1 aliphatic rings. The van der Waals surface area contributed by atoms with Gasteiger partial charge in [0.1, 0.15) is 29.2 Å². The van der Waals surface area contributed by atoms with Gasteiger partial charge in [0, 0.05) is 18.0 Å². The number of anilines is 1. The molecule has 9 nitrogen and oxygen atoms in total. The van der Waals surface area contributed by atoms with Crippen molar-refractivity contribution in [2.45, 2.75) is 71.2 Å². The molecule has 0 heterocycles. The molecule has 43 heavy (non-hydrogen) atoms. The number of hydrogen-bond donors (Lipinski definition) is 4. The first kappa shape index (κ1) is 31.7. The van der Waals surface area contributed by atoms with Gasteiger partial charge in [-0.25, -0.2) is 4.79 Å². The number of carbonyl (C=O) groups excluding carboxylic acids is 3. The molecule has 1 fully saturated rings. The van der Waals surface area contributed by atoms with Crippen LogP contribution in [-0.2, 0) is 20.7 Å². The van der Waals surface area contributed by atoms with Crippen molar-refractivity contribution in [2.75, 3.05) is 5.32 Å². The average Bonchev–Trinajstić information content (AvgIpc) is 3.64. The Morgan fingerprint density at radius 3 is 2.26 bits per heavy atom. The molecule has 0 aromatic heterocycles. The van der Waals surface area contributed by atoms with Gasteiger partial charge in [0.15, 0.2) is 0 Å². The van der Waals surface area contributed by atoms with Crippen LogP contribution in [0.5, 0.6) is 11.5 Å². The highest BCUT2D eigenvalue weighted by molar-refractivity contribution is 6.34. The van der Waals surface area contributed by atoms with Gasteiger partial charge in [0.2, 0.25) is 5.91 Å². The van der Waals surface area contributed by atoms with Gasteiger partial charge in [-0.2, -0.15) is 0 Å². The molecule has 4 atom stereocenters. The van der Waals surface area contributed by atoms with Crippen LogP contribution in [0.15, 0.2) is 66.7 Å². The topological polar surface area (TPSA) is 128 Å². The van der Waals surface area contributed by atoms with Crippen LogP contribution in [0.1, 0.15) is 56.8 Å². The number of hydrogen-bond acceptors (Lipinski definition) is 6. The lowest BCUT2D eigenvalue weighted by atomic mass is 9.99. The number of alkyl carbamates (subject to hydrolysis) is 1. The maximum absolute atomic E-state index is 14.6. The van der Waals surface area contributed by atoms with E-state index in [1.807, 2.05) is 6.92 Å². The van der Waals surface area contributed by atoms with Crippen LogP contribution in [0, 0.1) is 12.8 Å². The fourth-order valence-corrected chi connectivity index (χ4v) is 5.26. The molecule has 228 valence electrons. The van der Waals surface area contributed by atoms with E-state index in [2.05, 4.69) is 10.6 Å². The molecule has 1 saturated carbocycles. The van der Waals surface area contributed by atoms with Crippen LogP contribution in [0.3, 0.4) is 0 Å². The van der Waals surface area contributed by atoms with Gasteiger partial charge in [0.25, 0.3) is 5.91 Å². The van der Waals surface area contributed by atoms with Crippen LogP contribution in [0.4, 0.5) is 10.5 Å². The van der Waals surface area contributed by atoms with Crippen molar-refractivity contribution >= 4 is 35.2 Å². The highest BCUT2D eigenvalue weighted by Crippen LogP contribution is 2.43. The summed E-state index contributed by atoms with van der Waals surface area (Å²) in [6.45, 7) is 8.94. The number of ether oxygens (including phenoxy) is 1. The Hall–Kier alpha value is -4.24. The van der Waals surface area contributed by atoms with Crippen molar-refractivity contribution in [1.29, 1.82) is 0 Å². The molecule has 0 radical (unpaired) electrons. The molecule has 3 amide bonds. The fraction of sp³-hybridized carbons (Fsp3) is 0.364. The number of carbonyl (C=O) groups is 3. The van der Waals surface area contributed by atoms with Gasteiger partial charge < -0.3 is 30.5 Å². The highest BCUT2D eigenvalue weighted by Gasteiger charge is 2.49. The fourth-order valence-electron chi connectivity index (χ4n) is 4.99. The normalized spacial score (nSPS) is 17.3. The van der Waals surface area contributed by atoms with Gasteiger partial charge in [-0.05, 0) is 75.4 Å². The Morgan fingerprint density at radius 2 is 1.67 bits per heavy atom. The molecular weight excluding hydrogens is 570 g/mol. The summed E-state index contributed by atoms with van der Waals surface area (Å²) in [6.07, 6.45) is -0.0925. The van der Waals surface area contributed by atoms with E-state index in [4.69, 9.17) is 16.3 Å². The summed E-state index contributed by atoms with van der Waals surface area (Å²) in [5.41, 5.74) is 1.22. The van der Waals surface area contributed by atoms with Crippen molar-refractivity contribution in [3.05, 3.63) is 88.4 Å². The number of rotatable bonds is 9. The molecule has 4 unspecified atom stereocenters. The van der Waals surface area contributed by atoms with Crippen molar-refractivity contribution < 1.29 is 29.3 Å². The SMILES string of the molecule is Cc1cccc(Cl)c1NC(=O)C(c1ccccc1O)N(C(=O)C(Cc1ccc(O)cc1)NC(=O)OC(C)(C)C)C1CC1C. The molecule has 0 spiro atoms. The number of benzene rings is 3. The third-order valence-electron chi connectivity index (χ3n) is 7.27. The van der Waals surface area contributed by atoms with Crippen LogP contribution < -0.4 is 10.6 Å². The van der Waals surface area contributed by atoms with E-state index >= 15 is 0 Å². The summed E-state index contributed by atoms with van der Waals surface area (Å²) in [6, 6.07) is 15.2. The Morgan fingerprint density at radius 1 is 1.02 bits per heavy atom. The number of phenols is 2. The van der Waals surface area contributed by atoms with Gasteiger partial charge in [0.05, 0.1) is 10.7 Å². The molecule has 3 aromatic rings. The molecule has 3 aromatic carbocycles. The smallest absolute Gasteiger partial charge is 0.408 e. The first-order valence-electron chi connectivity index (χ1n) is 14.2. The van der Waals surface area contributed by atoms with E-state index < -0.39 is 35.6 Å². The number of phenolic OH excluding ortho intramolecular Hbond substituents is 2. The number of nitrogens with one attached hydrogen (secondary N) is 2. The second-order valence-electron chi connectivity index (χ2n) is 12.0. The minimum atomic E-state index is -1.25. The van der Waals surface area contributed by atoms with E-state index in [1.54, 1.807) is 76.2 Å². The number of aryl methyl sites for hydroxylation is 1. The van der Waals surface area contributed by atoms with Gasteiger partial charge in [-0.3, -0.25) is 9.59 Å². The monoisotopic (exact) mass is 607 g/mol. The zero-order valence-electron chi connectivity index (χ0n) is 24.9. The van der Waals surface area contributed by atoms with Crippen molar-refractivity contribution in [3.8, 4) is 11.5 Å². The zero-order valence-corrected chi connectivity index (χ0v) is 25.7. The molecule has 4 N–H and O–H groups in total. The summed E-state index contributed by atoms with van der Waals surface area (Å²) < 4.78 is 5.47. The second-order valence-corrected chi connectivity index (χ2v) is 12.4. The predicted molar refractivity (Wildman–Crippen MR) is 165 cm³/mol. The molecule has 0 saturated heterocycles. The molecule has 0 bridgehead atoms. The van der Waals surface area contributed by atoms with Crippen LogP contribution in [-0.4, -0.2) is 50.7 Å². The number of halogens is 1. The molecule has 0 aliphatic heterocycles. The zero-order chi connectivity index (χ0) is 31.5. The van der Waals surface area contributed by atoms with Gasteiger partial charge in [-0.1, -0.05) is 61.0 Å². The average molecular weight is 608 g/mol. The van der Waals surface area contributed by atoms with Crippen LogP contribution in [0.25, 0.3) is 0 Å². The molecule has 4 rings (SSSR count). The Bertz CT molecular complexity index is 1470. The van der Waals surface area contributed by atoms with Gasteiger partial charge >= 0.3 is 6.09 Å². The molecular formula is C33H38ClN3O6. The number of amides is 3. The second kappa shape index (κ2) is 13.0. The molecule has 10 heteroatoms. The number of para-hydroxylation sites is 2. The van der Waals surface area contributed by atoms with Gasteiger partial charge in [-0.15, -0.1) is 0 Å². The lowest BCUT2D eigenvalue weighted by Crippen LogP contribution is -2.54. The summed E-state index contributed by atoms with van der Waals surface area (Å²) in [7, 11) is 0. The number of nitrogens with zero attached hydrogens (tertiary/aromatic N) is 1. The van der Waals surface area contributed by atoms with E-state index in [-0.39, 0.29) is 35.4 Å². The third kappa shape index (κ3) is 7.99. The Balaban J connectivity index is 1.78. The van der Waals surface area contributed by atoms with E-state index in [0.29, 0.717) is 22.7 Å². The quantitative estimate of drug-likeness (QED) is 0.232. The largest absolute Gasteiger partial charge is 0.508 e. The van der Waals surface area contributed by atoms with Crippen LogP contribution >= 0.6 is 11.6 Å². The maximum Gasteiger partial charge on any atom is 0.408 e. The lowest BCUT2D eigenvalue weighted by molar-refractivity contribution is -0.141. The van der Waals surface area contributed by atoms with Crippen molar-refractivity contribution in [1.82, 2.24) is 10.2 Å². The first-order chi connectivity index (χ1) is 20.2. The third-order valence-corrected chi connectivity index (χ3v) is 7.59. The minimum Gasteiger partial charge on any atom is -0.508 e. The van der Waals surface area contributed by atoms with Crippen molar-refractivity contribution in [3.63, 3.8) is 0 Å². The summed E-state index contributed by atoms with van der Waals surface area (Å²) in [4.78, 5) is 43.2. The summed E-state index contributed by atoms with van der Waals surface area (Å²) in [5.74, 6) is -1.10. The van der Waals surface area contributed by atoms with E-state index in [1.165, 1.54) is 23.1 Å². The molecule has 1 aliphatic carbocycles. The predicted octanol–water partition coefficient (Wildman–Crippen LogP) is 6.11. The summed E-state index contributed by atoms with van der Waals surface area (Å²) in [5, 5.41) is 26.6. The van der Waals surface area contributed by atoms with Crippen molar-refractivity contribution in [2.24, 2.45) is 5.92 Å². The Labute approximate surface area is 256 Å². The first-order valence-corrected chi connectivity index (χ1v) is 14.6. The van der Waals surface area contributed by atoms with E-state index in [9.17, 15) is 24.6 Å².